The summed E-state index contributed by atoms with van der Waals surface area (Å²) in [6, 6.07) is 12.9. The third-order valence-electron chi connectivity index (χ3n) is 4.95. The second-order valence-corrected chi connectivity index (χ2v) is 7.48. The molecule has 3 heterocycles. The van der Waals surface area contributed by atoms with E-state index in [0.29, 0.717) is 22.6 Å². The van der Waals surface area contributed by atoms with Crippen LogP contribution in [0.25, 0.3) is 5.76 Å². The Morgan fingerprint density at radius 1 is 1.16 bits per heavy atom. The summed E-state index contributed by atoms with van der Waals surface area (Å²) in [6.45, 7) is 3.93. The maximum absolute atomic E-state index is 13.0. The first kappa shape index (κ1) is 20.4. The Hall–Kier alpha value is -3.87. The minimum atomic E-state index is -0.787. The number of hydrogen-bond acceptors (Lipinski definition) is 6. The highest BCUT2D eigenvalue weighted by atomic mass is 16.5. The van der Waals surface area contributed by atoms with Gasteiger partial charge in [0.05, 0.1) is 30.5 Å². The lowest BCUT2D eigenvalue weighted by molar-refractivity contribution is -0.140. The van der Waals surface area contributed by atoms with Crippen molar-refractivity contribution in [2.45, 2.75) is 32.5 Å². The molecule has 4 rings (SSSR count). The summed E-state index contributed by atoms with van der Waals surface area (Å²) >= 11 is 0. The van der Waals surface area contributed by atoms with Crippen molar-refractivity contribution in [3.63, 3.8) is 0 Å². The standard InChI is InChI=1S/C24H22N2O5/c1-15(2)31-18-9-7-16(8-10-18)22(27)20-21(17-5-3-11-25-13-17)26(24(29)23(20)28)14-19-6-4-12-30-19/h3-13,15,21,27H,14H2,1-2H3/b22-20-. The monoisotopic (exact) mass is 418 g/mol. The van der Waals surface area contributed by atoms with Crippen molar-refractivity contribution in [1.29, 1.82) is 0 Å². The average molecular weight is 418 g/mol. The van der Waals surface area contributed by atoms with Gasteiger partial charge in [0.2, 0.25) is 0 Å². The molecular formula is C24H22N2O5. The third-order valence-corrected chi connectivity index (χ3v) is 4.95. The molecule has 1 saturated heterocycles. The zero-order valence-electron chi connectivity index (χ0n) is 17.2. The Labute approximate surface area is 179 Å². The summed E-state index contributed by atoms with van der Waals surface area (Å²) in [7, 11) is 0. The number of ketones is 1. The summed E-state index contributed by atoms with van der Waals surface area (Å²) in [5, 5.41) is 11.1. The molecular weight excluding hydrogens is 396 g/mol. The molecule has 1 unspecified atom stereocenters. The van der Waals surface area contributed by atoms with Gasteiger partial charge < -0.3 is 19.2 Å². The van der Waals surface area contributed by atoms with Crippen molar-refractivity contribution in [2.75, 3.05) is 0 Å². The number of aromatic nitrogens is 1. The summed E-state index contributed by atoms with van der Waals surface area (Å²) in [4.78, 5) is 31.4. The van der Waals surface area contributed by atoms with E-state index in [4.69, 9.17) is 9.15 Å². The molecule has 1 atom stereocenters. The maximum atomic E-state index is 13.0. The Balaban J connectivity index is 1.78. The number of carbonyl (C=O) groups is 2. The Morgan fingerprint density at radius 2 is 1.94 bits per heavy atom. The van der Waals surface area contributed by atoms with Crippen molar-refractivity contribution >= 4 is 17.4 Å². The van der Waals surface area contributed by atoms with Crippen LogP contribution in [0.2, 0.25) is 0 Å². The van der Waals surface area contributed by atoms with Crippen molar-refractivity contribution in [2.24, 2.45) is 0 Å². The first-order valence-corrected chi connectivity index (χ1v) is 9.93. The number of benzene rings is 1. The molecule has 1 aliphatic heterocycles. The number of pyridine rings is 1. The number of aliphatic hydroxyl groups excluding tert-OH is 1. The van der Waals surface area contributed by atoms with E-state index >= 15 is 0 Å². The number of amides is 1. The lowest BCUT2D eigenvalue weighted by atomic mass is 9.96. The van der Waals surface area contributed by atoms with Crippen LogP contribution < -0.4 is 4.74 Å². The van der Waals surface area contributed by atoms with Crippen LogP contribution in [0.3, 0.4) is 0 Å². The molecule has 0 aliphatic carbocycles. The molecule has 158 valence electrons. The summed E-state index contributed by atoms with van der Waals surface area (Å²) in [6.07, 6.45) is 4.71. The number of rotatable bonds is 6. The minimum absolute atomic E-state index is 0.0111. The molecule has 1 fully saturated rings. The topological polar surface area (TPSA) is 92.9 Å². The molecule has 1 aromatic carbocycles. The number of hydrogen-bond donors (Lipinski definition) is 1. The van der Waals surface area contributed by atoms with Crippen LogP contribution in [-0.2, 0) is 16.1 Å². The van der Waals surface area contributed by atoms with Gasteiger partial charge in [0.25, 0.3) is 11.7 Å². The smallest absolute Gasteiger partial charge is 0.296 e. The lowest BCUT2D eigenvalue weighted by Crippen LogP contribution is -2.29. The summed E-state index contributed by atoms with van der Waals surface area (Å²) in [5.74, 6) is -0.517. The predicted octanol–water partition coefficient (Wildman–Crippen LogP) is 4.08. The Morgan fingerprint density at radius 3 is 2.55 bits per heavy atom. The summed E-state index contributed by atoms with van der Waals surface area (Å²) < 4.78 is 11.0. The lowest BCUT2D eigenvalue weighted by Gasteiger charge is -2.24. The average Bonchev–Trinajstić information content (AvgIpc) is 3.36. The van der Waals surface area contributed by atoms with E-state index < -0.39 is 17.7 Å². The molecule has 3 aromatic rings. The molecule has 0 spiro atoms. The molecule has 0 saturated carbocycles. The molecule has 0 radical (unpaired) electrons. The quantitative estimate of drug-likeness (QED) is 0.368. The van der Waals surface area contributed by atoms with Crippen molar-refractivity contribution in [3.8, 4) is 5.75 Å². The highest BCUT2D eigenvalue weighted by Gasteiger charge is 2.46. The first-order chi connectivity index (χ1) is 15.0. The maximum Gasteiger partial charge on any atom is 0.296 e. The SMILES string of the molecule is CC(C)Oc1ccc(/C(O)=C2/C(=O)C(=O)N(Cc3ccco3)C2c2cccnc2)cc1. The number of carbonyl (C=O) groups excluding carboxylic acids is 2. The number of Topliss-reactive ketones (excluding diaryl/α,β-unsaturated/α-hetero) is 1. The van der Waals surface area contributed by atoms with Crippen molar-refractivity contribution in [3.05, 3.63) is 89.6 Å². The molecule has 7 nitrogen and oxygen atoms in total. The van der Waals surface area contributed by atoms with Crippen LogP contribution in [0.5, 0.6) is 5.75 Å². The predicted molar refractivity (Wildman–Crippen MR) is 113 cm³/mol. The van der Waals surface area contributed by atoms with Gasteiger partial charge in [-0.25, -0.2) is 0 Å². The van der Waals surface area contributed by atoms with E-state index in [1.54, 1.807) is 60.9 Å². The van der Waals surface area contributed by atoms with E-state index in [9.17, 15) is 14.7 Å². The second-order valence-electron chi connectivity index (χ2n) is 7.48. The van der Waals surface area contributed by atoms with Gasteiger partial charge in [0.15, 0.2) is 0 Å². The van der Waals surface area contributed by atoms with E-state index in [1.165, 1.54) is 11.2 Å². The molecule has 0 bridgehead atoms. The fourth-order valence-electron chi connectivity index (χ4n) is 3.62. The van der Waals surface area contributed by atoms with Gasteiger partial charge in [0, 0.05) is 18.0 Å². The fourth-order valence-corrected chi connectivity index (χ4v) is 3.62. The van der Waals surface area contributed by atoms with Gasteiger partial charge in [-0.15, -0.1) is 0 Å². The van der Waals surface area contributed by atoms with Gasteiger partial charge in [0.1, 0.15) is 17.3 Å². The Bertz CT molecular complexity index is 1100. The largest absolute Gasteiger partial charge is 0.507 e. The van der Waals surface area contributed by atoms with E-state index in [-0.39, 0.29) is 24.0 Å². The molecule has 1 aliphatic rings. The van der Waals surface area contributed by atoms with Crippen LogP contribution in [0.15, 0.2) is 77.2 Å². The molecule has 1 amide bonds. The Kier molecular flexibility index (Phi) is 5.58. The van der Waals surface area contributed by atoms with Crippen LogP contribution in [0.1, 0.15) is 36.8 Å². The minimum Gasteiger partial charge on any atom is -0.507 e. The van der Waals surface area contributed by atoms with Crippen molar-refractivity contribution in [1.82, 2.24) is 9.88 Å². The van der Waals surface area contributed by atoms with Gasteiger partial charge in [-0.1, -0.05) is 6.07 Å². The van der Waals surface area contributed by atoms with Crippen LogP contribution >= 0.6 is 0 Å². The van der Waals surface area contributed by atoms with Crippen LogP contribution in [0, 0.1) is 0 Å². The first-order valence-electron chi connectivity index (χ1n) is 9.93. The highest BCUT2D eigenvalue weighted by Crippen LogP contribution is 2.40. The number of likely N-dealkylation sites (tertiary alicyclic amines) is 1. The molecule has 31 heavy (non-hydrogen) atoms. The summed E-state index contributed by atoms with van der Waals surface area (Å²) in [5.41, 5.74) is 1.05. The number of nitrogens with zero attached hydrogens (tertiary/aromatic N) is 2. The van der Waals surface area contributed by atoms with Gasteiger partial charge in [-0.3, -0.25) is 14.6 Å². The second kappa shape index (κ2) is 8.47. The molecule has 2 aromatic heterocycles. The molecule has 1 N–H and O–H groups in total. The van der Waals surface area contributed by atoms with Crippen LogP contribution in [0.4, 0.5) is 0 Å². The fraction of sp³-hybridized carbons (Fsp3) is 0.208. The van der Waals surface area contributed by atoms with Gasteiger partial charge in [-0.05, 0) is 61.9 Å². The van der Waals surface area contributed by atoms with E-state index in [2.05, 4.69) is 4.98 Å². The van der Waals surface area contributed by atoms with Gasteiger partial charge >= 0.3 is 0 Å². The molecule has 7 heteroatoms. The van der Waals surface area contributed by atoms with E-state index in [0.717, 1.165) is 0 Å². The van der Waals surface area contributed by atoms with Crippen LogP contribution in [-0.4, -0.2) is 32.8 Å². The number of aliphatic hydroxyl groups is 1. The van der Waals surface area contributed by atoms with Crippen molar-refractivity contribution < 1.29 is 23.8 Å². The third kappa shape index (κ3) is 4.07. The van der Waals surface area contributed by atoms with E-state index in [1.807, 2.05) is 13.8 Å². The zero-order valence-corrected chi connectivity index (χ0v) is 17.2. The highest BCUT2D eigenvalue weighted by molar-refractivity contribution is 6.46. The number of furan rings is 1. The zero-order chi connectivity index (χ0) is 22.0. The normalized spacial score (nSPS) is 18.0. The van der Waals surface area contributed by atoms with Gasteiger partial charge in [-0.2, -0.15) is 0 Å². The number of ether oxygens (including phenoxy) is 1.